The smallest absolute Gasteiger partial charge is 0.332 e. The second kappa shape index (κ2) is 5.60. The molecule has 2 heterocycles. The standard InChI is InChI=1S/C15H18N4O4S/c1-17-13(16)12(14(20)18(2)15(17)21)24(22,23)19-8-7-10-5-3-4-6-11(10)9-19/h3-6H,7-9,16H2,1-2H3. The predicted molar refractivity (Wildman–Crippen MR) is 89.1 cm³/mol. The lowest BCUT2D eigenvalue weighted by atomic mass is 10.0. The zero-order valence-corrected chi connectivity index (χ0v) is 14.2. The minimum absolute atomic E-state index is 0.171. The van der Waals surface area contributed by atoms with Crippen LogP contribution in [0.1, 0.15) is 11.1 Å². The minimum atomic E-state index is -4.11. The molecular formula is C15H18N4O4S. The second-order valence-corrected chi connectivity index (χ2v) is 7.65. The fraction of sp³-hybridized carbons (Fsp3) is 0.333. The van der Waals surface area contributed by atoms with Crippen LogP contribution in [0.15, 0.2) is 38.8 Å². The molecular weight excluding hydrogens is 332 g/mol. The molecule has 8 nitrogen and oxygen atoms in total. The van der Waals surface area contributed by atoms with Crippen LogP contribution < -0.4 is 17.0 Å². The van der Waals surface area contributed by atoms with E-state index in [4.69, 9.17) is 5.73 Å². The average molecular weight is 350 g/mol. The molecule has 24 heavy (non-hydrogen) atoms. The number of nitrogens with zero attached hydrogens (tertiary/aromatic N) is 3. The highest BCUT2D eigenvalue weighted by Crippen LogP contribution is 2.25. The number of aromatic nitrogens is 2. The molecule has 0 aliphatic carbocycles. The van der Waals surface area contributed by atoms with Crippen LogP contribution in [0, 0.1) is 0 Å². The zero-order chi connectivity index (χ0) is 17.6. The number of nitrogen functional groups attached to an aromatic ring is 1. The van der Waals surface area contributed by atoms with Crippen molar-refractivity contribution in [1.29, 1.82) is 0 Å². The Hall–Kier alpha value is -2.39. The molecule has 0 unspecified atom stereocenters. The van der Waals surface area contributed by atoms with Gasteiger partial charge in [-0.15, -0.1) is 0 Å². The van der Waals surface area contributed by atoms with Crippen molar-refractivity contribution < 1.29 is 8.42 Å². The summed E-state index contributed by atoms with van der Waals surface area (Å²) in [4.78, 5) is 23.7. The van der Waals surface area contributed by atoms with E-state index < -0.39 is 26.2 Å². The molecule has 128 valence electrons. The van der Waals surface area contributed by atoms with Crippen LogP contribution in [0.2, 0.25) is 0 Å². The summed E-state index contributed by atoms with van der Waals surface area (Å²) in [7, 11) is -1.55. The quantitative estimate of drug-likeness (QED) is 0.779. The average Bonchev–Trinajstić information content (AvgIpc) is 2.57. The van der Waals surface area contributed by atoms with Gasteiger partial charge in [0.2, 0.25) is 0 Å². The highest BCUT2D eigenvalue weighted by molar-refractivity contribution is 7.89. The molecule has 1 aliphatic heterocycles. The Morgan fingerprint density at radius 2 is 1.67 bits per heavy atom. The van der Waals surface area contributed by atoms with E-state index in [0.29, 0.717) is 6.42 Å². The Labute approximate surface area is 138 Å². The fourth-order valence-corrected chi connectivity index (χ4v) is 4.53. The lowest BCUT2D eigenvalue weighted by Crippen LogP contribution is -2.45. The minimum Gasteiger partial charge on any atom is -0.384 e. The van der Waals surface area contributed by atoms with E-state index in [1.54, 1.807) is 0 Å². The van der Waals surface area contributed by atoms with Crippen LogP contribution in [-0.4, -0.2) is 28.4 Å². The lowest BCUT2D eigenvalue weighted by molar-refractivity contribution is 0.390. The van der Waals surface area contributed by atoms with Crippen molar-refractivity contribution in [3.63, 3.8) is 0 Å². The normalized spacial score (nSPS) is 15.2. The molecule has 0 saturated heterocycles. The van der Waals surface area contributed by atoms with E-state index in [1.165, 1.54) is 18.4 Å². The Morgan fingerprint density at radius 3 is 2.33 bits per heavy atom. The molecule has 0 amide bonds. The van der Waals surface area contributed by atoms with Crippen LogP contribution >= 0.6 is 0 Å². The largest absolute Gasteiger partial charge is 0.384 e. The van der Waals surface area contributed by atoms with Gasteiger partial charge in [0.25, 0.3) is 15.6 Å². The first-order chi connectivity index (χ1) is 11.2. The number of hydrogen-bond acceptors (Lipinski definition) is 5. The van der Waals surface area contributed by atoms with Gasteiger partial charge in [0, 0.05) is 27.2 Å². The summed E-state index contributed by atoms with van der Waals surface area (Å²) in [6.07, 6.45) is 0.557. The lowest BCUT2D eigenvalue weighted by Gasteiger charge is -2.28. The number of anilines is 1. The maximum Gasteiger partial charge on any atom is 0.332 e. The summed E-state index contributed by atoms with van der Waals surface area (Å²) in [5.41, 5.74) is 6.19. The number of rotatable bonds is 2. The summed E-state index contributed by atoms with van der Waals surface area (Å²) >= 11 is 0. The van der Waals surface area contributed by atoms with Gasteiger partial charge in [0.15, 0.2) is 4.90 Å². The fourth-order valence-electron chi connectivity index (χ4n) is 2.88. The van der Waals surface area contributed by atoms with Crippen molar-refractivity contribution in [1.82, 2.24) is 13.4 Å². The predicted octanol–water partition coefficient (Wildman–Crippen LogP) is -0.587. The van der Waals surface area contributed by atoms with Crippen molar-refractivity contribution in [2.45, 2.75) is 17.9 Å². The van der Waals surface area contributed by atoms with Crippen LogP contribution in [0.4, 0.5) is 5.82 Å². The second-order valence-electron chi connectivity index (χ2n) is 5.78. The van der Waals surface area contributed by atoms with Gasteiger partial charge < -0.3 is 5.73 Å². The Kier molecular flexibility index (Phi) is 3.84. The summed E-state index contributed by atoms with van der Waals surface area (Å²) in [5.74, 6) is -0.345. The summed E-state index contributed by atoms with van der Waals surface area (Å²) in [6, 6.07) is 7.57. The number of fused-ring (bicyclic) bond motifs is 1. The molecule has 0 spiro atoms. The first kappa shape index (κ1) is 16.5. The van der Waals surface area contributed by atoms with Gasteiger partial charge in [-0.25, -0.2) is 13.2 Å². The van der Waals surface area contributed by atoms with Gasteiger partial charge in [-0.05, 0) is 17.5 Å². The molecule has 2 N–H and O–H groups in total. The molecule has 1 aromatic heterocycles. The molecule has 2 aromatic rings. The summed E-state index contributed by atoms with van der Waals surface area (Å²) in [5, 5.41) is 0. The number of nitrogens with two attached hydrogens (primary N) is 1. The Balaban J connectivity index is 2.14. The van der Waals surface area contributed by atoms with Crippen LogP contribution in [0.5, 0.6) is 0 Å². The molecule has 1 aromatic carbocycles. The van der Waals surface area contributed by atoms with Crippen molar-refractivity contribution >= 4 is 15.8 Å². The summed E-state index contributed by atoms with van der Waals surface area (Å²) in [6.45, 7) is 0.425. The van der Waals surface area contributed by atoms with E-state index >= 15 is 0 Å². The molecule has 0 bridgehead atoms. The molecule has 0 fully saturated rings. The first-order valence-corrected chi connectivity index (χ1v) is 8.81. The van der Waals surface area contributed by atoms with E-state index in [9.17, 15) is 18.0 Å². The molecule has 0 radical (unpaired) electrons. The van der Waals surface area contributed by atoms with Gasteiger partial charge >= 0.3 is 5.69 Å². The maximum absolute atomic E-state index is 13.0. The molecule has 0 saturated carbocycles. The van der Waals surface area contributed by atoms with Gasteiger partial charge in [0.05, 0.1) is 0 Å². The van der Waals surface area contributed by atoms with Gasteiger partial charge in [-0.1, -0.05) is 24.3 Å². The Bertz CT molecular complexity index is 1040. The topological polar surface area (TPSA) is 107 Å². The van der Waals surface area contributed by atoms with Crippen LogP contribution in [0.3, 0.4) is 0 Å². The molecule has 3 rings (SSSR count). The van der Waals surface area contributed by atoms with E-state index in [1.807, 2.05) is 24.3 Å². The monoisotopic (exact) mass is 350 g/mol. The molecule has 1 aliphatic rings. The Morgan fingerprint density at radius 1 is 1.04 bits per heavy atom. The third kappa shape index (κ3) is 2.36. The van der Waals surface area contributed by atoms with E-state index in [-0.39, 0.29) is 18.9 Å². The SMILES string of the molecule is Cn1c(N)c(S(=O)(=O)N2CCc3ccccc3C2)c(=O)n(C)c1=O. The van der Waals surface area contributed by atoms with Crippen LogP contribution in [-0.2, 0) is 37.1 Å². The van der Waals surface area contributed by atoms with Gasteiger partial charge in [-0.3, -0.25) is 13.9 Å². The van der Waals surface area contributed by atoms with Gasteiger partial charge in [0.1, 0.15) is 5.82 Å². The molecule has 9 heteroatoms. The number of benzene rings is 1. The third-order valence-corrected chi connectivity index (χ3v) is 6.25. The van der Waals surface area contributed by atoms with Crippen LogP contribution in [0.25, 0.3) is 0 Å². The number of sulfonamides is 1. The van der Waals surface area contributed by atoms with E-state index in [2.05, 4.69) is 0 Å². The van der Waals surface area contributed by atoms with Crippen molar-refractivity contribution in [2.24, 2.45) is 14.1 Å². The number of hydrogen-bond donors (Lipinski definition) is 1. The summed E-state index contributed by atoms with van der Waals surface area (Å²) < 4.78 is 28.9. The van der Waals surface area contributed by atoms with Crippen molar-refractivity contribution in [3.8, 4) is 0 Å². The highest BCUT2D eigenvalue weighted by atomic mass is 32.2. The highest BCUT2D eigenvalue weighted by Gasteiger charge is 2.34. The third-order valence-electron chi connectivity index (χ3n) is 4.36. The van der Waals surface area contributed by atoms with Crippen molar-refractivity contribution in [3.05, 3.63) is 56.2 Å². The molecule has 0 atom stereocenters. The zero-order valence-electron chi connectivity index (χ0n) is 13.4. The first-order valence-electron chi connectivity index (χ1n) is 7.37. The van der Waals surface area contributed by atoms with Gasteiger partial charge in [-0.2, -0.15) is 4.31 Å². The van der Waals surface area contributed by atoms with E-state index in [0.717, 1.165) is 20.3 Å². The maximum atomic E-state index is 13.0. The van der Waals surface area contributed by atoms with Crippen molar-refractivity contribution in [2.75, 3.05) is 12.3 Å².